The van der Waals surface area contributed by atoms with E-state index in [0.29, 0.717) is 0 Å². The average molecular weight is 223 g/mol. The average Bonchev–Trinajstić information content (AvgIpc) is 2.58. The van der Waals surface area contributed by atoms with E-state index in [1.165, 1.54) is 4.88 Å². The monoisotopic (exact) mass is 223 g/mol. The Hall–Kier alpha value is -1.15. The molecule has 0 saturated heterocycles. The highest BCUT2D eigenvalue weighted by molar-refractivity contribution is 7.09. The van der Waals surface area contributed by atoms with Gasteiger partial charge in [0.25, 0.3) is 0 Å². The first-order chi connectivity index (χ1) is 6.29. The zero-order valence-corrected chi connectivity index (χ0v) is 8.71. The second kappa shape index (κ2) is 9.41. The molecule has 1 nitrogen and oxygen atoms in total. The van der Waals surface area contributed by atoms with Crippen molar-refractivity contribution < 1.29 is 0 Å². The number of thiophene rings is 1. The van der Waals surface area contributed by atoms with Crippen molar-refractivity contribution in [2.24, 2.45) is 0 Å². The van der Waals surface area contributed by atoms with Crippen molar-refractivity contribution in [1.29, 1.82) is 0 Å². The number of aryl methyl sites for hydroxylation is 2. The van der Waals surface area contributed by atoms with Crippen LogP contribution >= 0.6 is 11.3 Å². The molecule has 2 aromatic heterocycles. The maximum atomic E-state index is 3.98. The van der Waals surface area contributed by atoms with Gasteiger partial charge in [-0.3, -0.25) is 4.98 Å². The Morgan fingerprint density at radius 2 is 1.73 bits per heavy atom. The number of pyridine rings is 1. The third kappa shape index (κ3) is 7.89. The Kier molecular flexibility index (Phi) is 10.2. The normalized spacial score (nSPS) is 7.60. The van der Waals surface area contributed by atoms with E-state index in [-0.39, 0.29) is 14.9 Å². The fourth-order valence-corrected chi connectivity index (χ4v) is 1.34. The molecule has 0 saturated carbocycles. The van der Waals surface area contributed by atoms with Crippen LogP contribution in [0.15, 0.2) is 41.9 Å². The molecule has 2 heteroatoms. The van der Waals surface area contributed by atoms with Gasteiger partial charge >= 0.3 is 0 Å². The number of aromatic nitrogens is 1. The number of nitrogens with zero attached hydrogens (tertiary/aromatic N) is 1. The summed E-state index contributed by atoms with van der Waals surface area (Å²) < 4.78 is 0. The third-order valence-corrected chi connectivity index (χ3v) is 2.28. The fraction of sp³-hybridized carbons (Fsp3) is 0.308. The maximum Gasteiger partial charge on any atom is 0.0372 e. The topological polar surface area (TPSA) is 12.9 Å². The van der Waals surface area contributed by atoms with Gasteiger partial charge in [0.2, 0.25) is 0 Å². The Morgan fingerprint density at radius 1 is 1.00 bits per heavy atom. The van der Waals surface area contributed by atoms with Crippen molar-refractivity contribution in [2.75, 3.05) is 0 Å². The molecule has 0 aromatic carbocycles. The summed E-state index contributed by atoms with van der Waals surface area (Å²) in [6, 6.07) is 10.0. The molecule has 2 aromatic rings. The lowest BCUT2D eigenvalue weighted by atomic mass is 10.4. The van der Waals surface area contributed by atoms with E-state index in [0.717, 1.165) is 5.69 Å². The molecular formula is C13H21NS. The minimum atomic E-state index is 0. The van der Waals surface area contributed by atoms with Gasteiger partial charge in [-0.05, 0) is 37.4 Å². The number of rotatable bonds is 0. The van der Waals surface area contributed by atoms with Crippen molar-refractivity contribution in [2.45, 2.75) is 28.7 Å². The highest BCUT2D eigenvalue weighted by Gasteiger charge is 1.74. The van der Waals surface area contributed by atoms with Gasteiger partial charge in [0, 0.05) is 16.8 Å². The van der Waals surface area contributed by atoms with E-state index in [4.69, 9.17) is 0 Å². The van der Waals surface area contributed by atoms with E-state index >= 15 is 0 Å². The van der Waals surface area contributed by atoms with Gasteiger partial charge in [0.1, 0.15) is 0 Å². The molecule has 0 aliphatic heterocycles. The first kappa shape index (κ1) is 16.3. The summed E-state index contributed by atoms with van der Waals surface area (Å²) in [6.07, 6.45) is 1.79. The lowest BCUT2D eigenvalue weighted by Crippen LogP contribution is -1.72. The van der Waals surface area contributed by atoms with Crippen LogP contribution in [0.5, 0.6) is 0 Å². The van der Waals surface area contributed by atoms with E-state index < -0.39 is 0 Å². The smallest absolute Gasteiger partial charge is 0.0372 e. The van der Waals surface area contributed by atoms with E-state index in [9.17, 15) is 0 Å². The summed E-state index contributed by atoms with van der Waals surface area (Å²) in [5, 5.41) is 2.08. The molecule has 0 aliphatic rings. The Bertz CT molecular complexity index is 314. The van der Waals surface area contributed by atoms with Crippen LogP contribution in [0.2, 0.25) is 0 Å². The molecule has 0 unspecified atom stereocenters. The van der Waals surface area contributed by atoms with Crippen molar-refractivity contribution in [1.82, 2.24) is 4.98 Å². The summed E-state index contributed by atoms with van der Waals surface area (Å²) in [5.41, 5.74) is 1.07. The quantitative estimate of drug-likeness (QED) is 0.630. The standard InChI is InChI=1S/C6H7N.C5H6S.2CH4/c1-6-4-2-3-5-7-6;1-5-3-2-4-6-5;;/h2-5H,1H3;2-4H,1H3;2*1H4. The molecule has 0 atom stereocenters. The predicted octanol–water partition coefficient (Wildman–Crippen LogP) is 4.72. The van der Waals surface area contributed by atoms with Crippen molar-refractivity contribution in [3.63, 3.8) is 0 Å². The molecule has 15 heavy (non-hydrogen) atoms. The van der Waals surface area contributed by atoms with Crippen LogP contribution in [-0.2, 0) is 0 Å². The largest absolute Gasteiger partial charge is 0.262 e. The molecule has 2 heterocycles. The molecule has 0 bridgehead atoms. The summed E-state index contributed by atoms with van der Waals surface area (Å²) in [7, 11) is 0. The van der Waals surface area contributed by atoms with Gasteiger partial charge in [-0.2, -0.15) is 0 Å². The molecule has 2 rings (SSSR count). The first-order valence-corrected chi connectivity index (χ1v) is 5.05. The SMILES string of the molecule is C.C.Cc1ccccn1.Cc1cccs1. The van der Waals surface area contributed by atoms with Gasteiger partial charge < -0.3 is 0 Å². The highest BCUT2D eigenvalue weighted by atomic mass is 32.1. The highest BCUT2D eigenvalue weighted by Crippen LogP contribution is 2.03. The Labute approximate surface area is 97.8 Å². The fourth-order valence-electron chi connectivity index (χ4n) is 0.809. The predicted molar refractivity (Wildman–Crippen MR) is 71.5 cm³/mol. The summed E-state index contributed by atoms with van der Waals surface area (Å²) in [5.74, 6) is 0. The zero-order chi connectivity index (χ0) is 9.52. The van der Waals surface area contributed by atoms with E-state index in [1.807, 2.05) is 25.1 Å². The molecular weight excluding hydrogens is 202 g/mol. The molecule has 0 aliphatic carbocycles. The van der Waals surface area contributed by atoms with Crippen LogP contribution in [-0.4, -0.2) is 4.98 Å². The molecule has 0 radical (unpaired) electrons. The van der Waals surface area contributed by atoms with Crippen molar-refractivity contribution >= 4 is 11.3 Å². The Morgan fingerprint density at radius 3 is 1.93 bits per heavy atom. The molecule has 0 spiro atoms. The lowest BCUT2D eigenvalue weighted by Gasteiger charge is -1.82. The van der Waals surface area contributed by atoms with Gasteiger partial charge in [-0.1, -0.05) is 27.0 Å². The van der Waals surface area contributed by atoms with Gasteiger partial charge in [-0.25, -0.2) is 0 Å². The van der Waals surface area contributed by atoms with Gasteiger partial charge in [0.05, 0.1) is 0 Å². The molecule has 0 N–H and O–H groups in total. The van der Waals surface area contributed by atoms with Gasteiger partial charge in [0.15, 0.2) is 0 Å². The molecule has 0 amide bonds. The molecule has 84 valence electrons. The van der Waals surface area contributed by atoms with Crippen LogP contribution in [0.25, 0.3) is 0 Å². The summed E-state index contributed by atoms with van der Waals surface area (Å²) >= 11 is 1.78. The number of hydrogen-bond acceptors (Lipinski definition) is 2. The molecule has 0 fully saturated rings. The van der Waals surface area contributed by atoms with Gasteiger partial charge in [-0.15, -0.1) is 11.3 Å². The van der Waals surface area contributed by atoms with Crippen LogP contribution < -0.4 is 0 Å². The van der Waals surface area contributed by atoms with Crippen LogP contribution in [0.1, 0.15) is 25.4 Å². The lowest BCUT2D eigenvalue weighted by molar-refractivity contribution is 1.20. The minimum Gasteiger partial charge on any atom is -0.262 e. The number of hydrogen-bond donors (Lipinski definition) is 0. The Balaban J connectivity index is 0. The summed E-state index contributed by atoms with van der Waals surface area (Å²) in [6.45, 7) is 4.07. The minimum absolute atomic E-state index is 0. The van der Waals surface area contributed by atoms with Crippen LogP contribution in [0.3, 0.4) is 0 Å². The van der Waals surface area contributed by atoms with Crippen LogP contribution in [0.4, 0.5) is 0 Å². The zero-order valence-electron chi connectivity index (χ0n) is 7.90. The summed E-state index contributed by atoms with van der Waals surface area (Å²) in [4.78, 5) is 5.36. The van der Waals surface area contributed by atoms with Crippen LogP contribution in [0, 0.1) is 13.8 Å². The second-order valence-electron chi connectivity index (χ2n) is 2.69. The van der Waals surface area contributed by atoms with Crippen molar-refractivity contribution in [3.8, 4) is 0 Å². The van der Waals surface area contributed by atoms with Crippen molar-refractivity contribution in [3.05, 3.63) is 52.5 Å². The van der Waals surface area contributed by atoms with E-state index in [1.54, 1.807) is 17.5 Å². The second-order valence-corrected chi connectivity index (χ2v) is 3.85. The van der Waals surface area contributed by atoms with E-state index in [2.05, 4.69) is 29.4 Å². The first-order valence-electron chi connectivity index (χ1n) is 4.17. The maximum absolute atomic E-state index is 3.98. The third-order valence-electron chi connectivity index (χ3n) is 1.48.